The molecule has 0 amide bonds. The van der Waals surface area contributed by atoms with Crippen LogP contribution in [-0.4, -0.2) is 34.6 Å². The second kappa shape index (κ2) is 5.83. The molecule has 0 saturated carbocycles. The third-order valence-electron chi connectivity index (χ3n) is 2.24. The molecule has 0 aliphatic carbocycles. The van der Waals surface area contributed by atoms with E-state index in [1.165, 1.54) is 33.3 Å². The molecule has 0 spiro atoms. The van der Waals surface area contributed by atoms with Crippen molar-refractivity contribution in [3.05, 3.63) is 24.3 Å². The zero-order valence-corrected chi connectivity index (χ0v) is 11.2. The van der Waals surface area contributed by atoms with Crippen LogP contribution in [0.1, 0.15) is 6.92 Å². The van der Waals surface area contributed by atoms with Gasteiger partial charge in [0.25, 0.3) is 0 Å². The van der Waals surface area contributed by atoms with E-state index in [4.69, 9.17) is 4.74 Å². The summed E-state index contributed by atoms with van der Waals surface area (Å²) in [7, 11) is -1.14. The molecule has 1 aromatic rings. The first kappa shape index (κ1) is 14.5. The Morgan fingerprint density at radius 2 is 2.00 bits per heavy atom. The Labute approximate surface area is 106 Å². The number of hydrogen-bond acceptors (Lipinski definition) is 5. The molecule has 0 aliphatic heterocycles. The second-order valence-electron chi connectivity index (χ2n) is 3.55. The van der Waals surface area contributed by atoms with Crippen molar-refractivity contribution in [1.82, 2.24) is 4.72 Å². The topological polar surface area (TPSA) is 81.7 Å². The van der Waals surface area contributed by atoms with Crippen molar-refractivity contribution in [3.8, 4) is 5.75 Å². The molecule has 1 atom stereocenters. The Morgan fingerprint density at radius 1 is 1.33 bits per heavy atom. The summed E-state index contributed by atoms with van der Waals surface area (Å²) in [4.78, 5) is 11.2. The Balaban J connectivity index is 2.96. The predicted octanol–water partition coefficient (Wildman–Crippen LogP) is 0.535. The van der Waals surface area contributed by atoms with E-state index in [1.54, 1.807) is 12.1 Å². The highest BCUT2D eigenvalue weighted by molar-refractivity contribution is 7.89. The molecule has 0 radical (unpaired) electrons. The lowest BCUT2D eigenvalue weighted by Crippen LogP contribution is -2.39. The Hall–Kier alpha value is -1.60. The van der Waals surface area contributed by atoms with Crippen LogP contribution in [0.25, 0.3) is 0 Å². The number of rotatable bonds is 5. The molecule has 0 fully saturated rings. The van der Waals surface area contributed by atoms with Gasteiger partial charge in [0.15, 0.2) is 0 Å². The molecular weight excluding hydrogens is 258 g/mol. The molecule has 0 aromatic heterocycles. The summed E-state index contributed by atoms with van der Waals surface area (Å²) < 4.78 is 35.5. The highest BCUT2D eigenvalue weighted by atomic mass is 32.2. The lowest BCUT2D eigenvalue weighted by molar-refractivity contribution is -0.142. The summed E-state index contributed by atoms with van der Waals surface area (Å²) >= 11 is 0. The number of carbonyl (C=O) groups excluding carboxylic acids is 1. The van der Waals surface area contributed by atoms with Gasteiger partial charge in [-0.25, -0.2) is 8.42 Å². The van der Waals surface area contributed by atoms with Crippen LogP contribution >= 0.6 is 0 Å². The van der Waals surface area contributed by atoms with Gasteiger partial charge in [0.2, 0.25) is 10.0 Å². The van der Waals surface area contributed by atoms with Gasteiger partial charge in [-0.3, -0.25) is 4.79 Å². The normalized spacial score (nSPS) is 12.8. The van der Waals surface area contributed by atoms with Crippen molar-refractivity contribution in [2.45, 2.75) is 17.9 Å². The van der Waals surface area contributed by atoms with Crippen LogP contribution in [0.2, 0.25) is 0 Å². The van der Waals surface area contributed by atoms with Gasteiger partial charge in [-0.2, -0.15) is 4.72 Å². The van der Waals surface area contributed by atoms with E-state index >= 15 is 0 Å². The molecule has 0 bridgehead atoms. The van der Waals surface area contributed by atoms with Gasteiger partial charge < -0.3 is 9.47 Å². The van der Waals surface area contributed by atoms with Crippen LogP contribution in [0.15, 0.2) is 29.2 Å². The number of esters is 1. The lowest BCUT2D eigenvalue weighted by Gasteiger charge is -2.12. The first-order valence-electron chi connectivity index (χ1n) is 5.15. The fourth-order valence-corrected chi connectivity index (χ4v) is 2.52. The molecule has 7 heteroatoms. The number of nitrogens with one attached hydrogen (secondary N) is 1. The molecule has 0 aliphatic rings. The van der Waals surface area contributed by atoms with Gasteiger partial charge in [-0.05, 0) is 19.1 Å². The smallest absolute Gasteiger partial charge is 0.323 e. The van der Waals surface area contributed by atoms with E-state index in [1.807, 2.05) is 0 Å². The largest absolute Gasteiger partial charge is 0.497 e. The Bertz CT molecular complexity index is 526. The summed E-state index contributed by atoms with van der Waals surface area (Å²) in [6.07, 6.45) is 0. The van der Waals surface area contributed by atoms with Gasteiger partial charge >= 0.3 is 5.97 Å². The number of hydrogen-bond donors (Lipinski definition) is 1. The number of benzene rings is 1. The van der Waals surface area contributed by atoms with Crippen LogP contribution in [-0.2, 0) is 19.6 Å². The number of ether oxygens (including phenoxy) is 2. The summed E-state index contributed by atoms with van der Waals surface area (Å²) in [6, 6.07) is 5.01. The van der Waals surface area contributed by atoms with Gasteiger partial charge in [0, 0.05) is 6.07 Å². The summed E-state index contributed by atoms with van der Waals surface area (Å²) in [5.74, 6) is -0.231. The quantitative estimate of drug-likeness (QED) is 0.792. The summed E-state index contributed by atoms with van der Waals surface area (Å²) in [6.45, 7) is 1.41. The molecule has 1 N–H and O–H groups in total. The van der Waals surface area contributed by atoms with Crippen molar-refractivity contribution in [1.29, 1.82) is 0 Å². The highest BCUT2D eigenvalue weighted by Crippen LogP contribution is 2.17. The lowest BCUT2D eigenvalue weighted by atomic mass is 10.3. The average Bonchev–Trinajstić information content (AvgIpc) is 2.37. The zero-order valence-electron chi connectivity index (χ0n) is 10.3. The molecule has 18 heavy (non-hydrogen) atoms. The van der Waals surface area contributed by atoms with E-state index in [-0.39, 0.29) is 4.90 Å². The minimum Gasteiger partial charge on any atom is -0.497 e. The third-order valence-corrected chi connectivity index (χ3v) is 3.78. The molecule has 1 unspecified atom stereocenters. The third kappa shape index (κ3) is 3.44. The molecule has 1 rings (SSSR count). The van der Waals surface area contributed by atoms with Crippen LogP contribution in [0.4, 0.5) is 0 Å². The van der Waals surface area contributed by atoms with E-state index in [0.29, 0.717) is 5.75 Å². The molecule has 0 saturated heterocycles. The average molecular weight is 273 g/mol. The fourth-order valence-electron chi connectivity index (χ4n) is 1.29. The first-order chi connectivity index (χ1) is 8.40. The summed E-state index contributed by atoms with van der Waals surface area (Å²) in [5.41, 5.74) is 0. The fraction of sp³-hybridized carbons (Fsp3) is 0.364. The maximum atomic E-state index is 12.0. The molecule has 100 valence electrons. The minimum absolute atomic E-state index is 0.0256. The number of carbonyl (C=O) groups is 1. The minimum atomic E-state index is -3.78. The van der Waals surface area contributed by atoms with Crippen LogP contribution in [0, 0.1) is 0 Å². The number of sulfonamides is 1. The van der Waals surface area contributed by atoms with E-state index < -0.39 is 22.0 Å². The molecule has 1 aromatic carbocycles. The van der Waals surface area contributed by atoms with Crippen molar-refractivity contribution in [2.75, 3.05) is 14.2 Å². The predicted molar refractivity (Wildman–Crippen MR) is 64.8 cm³/mol. The van der Waals surface area contributed by atoms with Crippen molar-refractivity contribution in [2.24, 2.45) is 0 Å². The monoisotopic (exact) mass is 273 g/mol. The van der Waals surface area contributed by atoms with E-state index in [2.05, 4.69) is 9.46 Å². The molecule has 6 nitrogen and oxygen atoms in total. The second-order valence-corrected chi connectivity index (χ2v) is 5.26. The van der Waals surface area contributed by atoms with E-state index in [9.17, 15) is 13.2 Å². The summed E-state index contributed by atoms with van der Waals surface area (Å²) in [5, 5.41) is 0. The van der Waals surface area contributed by atoms with Crippen LogP contribution < -0.4 is 9.46 Å². The van der Waals surface area contributed by atoms with Crippen molar-refractivity contribution >= 4 is 16.0 Å². The van der Waals surface area contributed by atoms with E-state index in [0.717, 1.165) is 0 Å². The Kier molecular flexibility index (Phi) is 4.69. The molecular formula is C11H15NO5S. The van der Waals surface area contributed by atoms with Gasteiger partial charge in [-0.15, -0.1) is 0 Å². The Morgan fingerprint density at radius 3 is 2.56 bits per heavy atom. The maximum absolute atomic E-state index is 12.0. The highest BCUT2D eigenvalue weighted by Gasteiger charge is 2.22. The zero-order chi connectivity index (χ0) is 13.8. The van der Waals surface area contributed by atoms with Gasteiger partial charge in [0.05, 0.1) is 19.1 Å². The SMILES string of the molecule is COC(=O)C(C)NS(=O)(=O)c1cccc(OC)c1. The maximum Gasteiger partial charge on any atom is 0.323 e. The van der Waals surface area contributed by atoms with Crippen molar-refractivity contribution < 1.29 is 22.7 Å². The van der Waals surface area contributed by atoms with Crippen molar-refractivity contribution in [3.63, 3.8) is 0 Å². The number of methoxy groups -OCH3 is 2. The standard InChI is InChI=1S/C11H15NO5S/c1-8(11(13)17-3)12-18(14,15)10-6-4-5-9(7-10)16-2/h4-8,12H,1-3H3. The van der Waals surface area contributed by atoms with Gasteiger partial charge in [0.1, 0.15) is 11.8 Å². The van der Waals surface area contributed by atoms with Crippen LogP contribution in [0.3, 0.4) is 0 Å². The van der Waals surface area contributed by atoms with Gasteiger partial charge in [-0.1, -0.05) is 6.07 Å². The molecule has 0 heterocycles. The van der Waals surface area contributed by atoms with Crippen LogP contribution in [0.5, 0.6) is 5.75 Å². The first-order valence-corrected chi connectivity index (χ1v) is 6.63.